The molecule has 0 saturated carbocycles. The first kappa shape index (κ1) is 15.8. The number of rotatable bonds is 4. The van der Waals surface area contributed by atoms with Crippen LogP contribution in [0.4, 0.5) is 31.9 Å². The smallest absolute Gasteiger partial charge is 0.249 e. The van der Waals surface area contributed by atoms with E-state index in [4.69, 9.17) is 0 Å². The number of nitrogens with zero attached hydrogens (tertiary/aromatic N) is 3. The lowest BCUT2D eigenvalue weighted by molar-refractivity contribution is 0.509. The van der Waals surface area contributed by atoms with Crippen molar-refractivity contribution in [3.05, 3.63) is 65.4 Å². The predicted octanol–water partition coefficient (Wildman–Crippen LogP) is 4.25. The third kappa shape index (κ3) is 3.62. The summed E-state index contributed by atoms with van der Waals surface area (Å²) in [5, 5.41) is 13.7. The molecule has 0 aliphatic heterocycles. The van der Waals surface area contributed by atoms with Gasteiger partial charge >= 0.3 is 0 Å². The highest BCUT2D eigenvalue weighted by Crippen LogP contribution is 2.21. The Balaban J connectivity index is 1.79. The molecular formula is C17H15F2N5. The van der Waals surface area contributed by atoms with Gasteiger partial charge in [-0.05, 0) is 37.6 Å². The second-order valence-corrected chi connectivity index (χ2v) is 5.36. The molecule has 0 aliphatic carbocycles. The maximum absolute atomic E-state index is 13.3. The molecule has 7 heteroatoms. The van der Waals surface area contributed by atoms with Crippen LogP contribution in [0.3, 0.4) is 0 Å². The number of anilines is 4. The first-order valence-corrected chi connectivity index (χ1v) is 7.27. The van der Waals surface area contributed by atoms with E-state index in [9.17, 15) is 8.78 Å². The standard InChI is InChI=1S/C17H15F2N5/c1-10-3-6-15(11(2)7-10)22-17-23-16(9-20-24-17)21-12-4-5-13(18)14(19)8-12/h3-9H,1-2H3,(H2,21,22,23,24). The van der Waals surface area contributed by atoms with Crippen LogP contribution in [0.5, 0.6) is 0 Å². The van der Waals surface area contributed by atoms with Crippen LogP contribution in [0, 0.1) is 25.5 Å². The zero-order valence-electron chi connectivity index (χ0n) is 13.1. The Morgan fingerprint density at radius 1 is 0.917 bits per heavy atom. The molecule has 1 heterocycles. The SMILES string of the molecule is Cc1ccc(Nc2nncc(Nc3ccc(F)c(F)c3)n2)c(C)c1. The first-order chi connectivity index (χ1) is 11.5. The van der Waals surface area contributed by atoms with Crippen LogP contribution in [0.25, 0.3) is 0 Å². The molecule has 0 spiro atoms. The fourth-order valence-corrected chi connectivity index (χ4v) is 2.21. The van der Waals surface area contributed by atoms with Gasteiger partial charge in [0.15, 0.2) is 17.5 Å². The summed E-state index contributed by atoms with van der Waals surface area (Å²) in [6.07, 6.45) is 1.40. The molecule has 3 aromatic rings. The normalized spacial score (nSPS) is 10.5. The van der Waals surface area contributed by atoms with Gasteiger partial charge in [-0.3, -0.25) is 0 Å². The summed E-state index contributed by atoms with van der Waals surface area (Å²) in [4.78, 5) is 4.27. The second kappa shape index (κ2) is 6.57. The minimum absolute atomic E-state index is 0.300. The average Bonchev–Trinajstić information content (AvgIpc) is 2.54. The van der Waals surface area contributed by atoms with E-state index < -0.39 is 11.6 Å². The highest BCUT2D eigenvalue weighted by Gasteiger charge is 2.06. The van der Waals surface area contributed by atoms with Gasteiger partial charge in [-0.2, -0.15) is 10.1 Å². The highest BCUT2D eigenvalue weighted by molar-refractivity contribution is 5.61. The summed E-state index contributed by atoms with van der Waals surface area (Å²) in [7, 11) is 0. The highest BCUT2D eigenvalue weighted by atomic mass is 19.2. The van der Waals surface area contributed by atoms with Crippen LogP contribution in [-0.4, -0.2) is 15.2 Å². The molecule has 0 bridgehead atoms. The molecule has 0 saturated heterocycles. The van der Waals surface area contributed by atoms with Gasteiger partial charge in [-0.25, -0.2) is 8.78 Å². The molecule has 0 atom stereocenters. The summed E-state index contributed by atoms with van der Waals surface area (Å²) in [6, 6.07) is 9.46. The van der Waals surface area contributed by atoms with Crippen molar-refractivity contribution in [2.75, 3.05) is 10.6 Å². The Hall–Kier alpha value is -3.09. The Morgan fingerprint density at radius 2 is 1.75 bits per heavy atom. The first-order valence-electron chi connectivity index (χ1n) is 7.27. The van der Waals surface area contributed by atoms with Crippen molar-refractivity contribution in [2.45, 2.75) is 13.8 Å². The zero-order chi connectivity index (χ0) is 17.1. The number of nitrogens with one attached hydrogen (secondary N) is 2. The van der Waals surface area contributed by atoms with Crippen LogP contribution in [0.2, 0.25) is 0 Å². The van der Waals surface area contributed by atoms with Gasteiger partial charge in [-0.1, -0.05) is 17.7 Å². The quantitative estimate of drug-likeness (QED) is 0.750. The molecule has 2 aromatic carbocycles. The van der Waals surface area contributed by atoms with Crippen LogP contribution in [-0.2, 0) is 0 Å². The topological polar surface area (TPSA) is 62.7 Å². The minimum Gasteiger partial charge on any atom is -0.339 e. The molecule has 1 aromatic heterocycles. The molecule has 2 N–H and O–H groups in total. The van der Waals surface area contributed by atoms with Crippen molar-refractivity contribution in [2.24, 2.45) is 0 Å². The van der Waals surface area contributed by atoms with Gasteiger partial charge < -0.3 is 10.6 Å². The van der Waals surface area contributed by atoms with E-state index in [1.54, 1.807) is 0 Å². The molecule has 0 fully saturated rings. The summed E-state index contributed by atoms with van der Waals surface area (Å²) < 4.78 is 26.2. The minimum atomic E-state index is -0.935. The monoisotopic (exact) mass is 327 g/mol. The van der Waals surface area contributed by atoms with Gasteiger partial charge in [0.2, 0.25) is 5.95 Å². The molecular weight excluding hydrogens is 312 g/mol. The van der Waals surface area contributed by atoms with Gasteiger partial charge in [0.25, 0.3) is 0 Å². The molecule has 0 amide bonds. The number of aryl methyl sites for hydroxylation is 2. The molecule has 5 nitrogen and oxygen atoms in total. The number of hydrogen-bond acceptors (Lipinski definition) is 5. The van der Waals surface area contributed by atoms with E-state index >= 15 is 0 Å². The van der Waals surface area contributed by atoms with E-state index in [1.165, 1.54) is 12.3 Å². The largest absolute Gasteiger partial charge is 0.339 e. The number of aromatic nitrogens is 3. The van der Waals surface area contributed by atoms with Gasteiger partial charge in [-0.15, -0.1) is 5.10 Å². The Labute approximate surface area is 137 Å². The van der Waals surface area contributed by atoms with Crippen molar-refractivity contribution in [1.82, 2.24) is 15.2 Å². The van der Waals surface area contributed by atoms with E-state index in [-0.39, 0.29) is 0 Å². The molecule has 0 aliphatic rings. The van der Waals surface area contributed by atoms with Crippen molar-refractivity contribution in [1.29, 1.82) is 0 Å². The fraction of sp³-hybridized carbons (Fsp3) is 0.118. The third-order valence-corrected chi connectivity index (χ3v) is 3.38. The van der Waals surface area contributed by atoms with Crippen LogP contribution >= 0.6 is 0 Å². The Kier molecular flexibility index (Phi) is 4.33. The second-order valence-electron chi connectivity index (χ2n) is 5.36. The van der Waals surface area contributed by atoms with E-state index in [1.807, 2.05) is 32.0 Å². The summed E-state index contributed by atoms with van der Waals surface area (Å²) in [5.41, 5.74) is 3.45. The molecule has 122 valence electrons. The Bertz CT molecular complexity index is 883. The molecule has 0 radical (unpaired) electrons. The lowest BCUT2D eigenvalue weighted by Crippen LogP contribution is -2.03. The lowest BCUT2D eigenvalue weighted by atomic mass is 10.1. The van der Waals surface area contributed by atoms with Crippen molar-refractivity contribution < 1.29 is 8.78 Å². The van der Waals surface area contributed by atoms with Crippen molar-refractivity contribution >= 4 is 23.1 Å². The van der Waals surface area contributed by atoms with E-state index in [2.05, 4.69) is 25.8 Å². The van der Waals surface area contributed by atoms with Gasteiger partial charge in [0.1, 0.15) is 0 Å². The predicted molar refractivity (Wildman–Crippen MR) is 88.7 cm³/mol. The molecule has 3 rings (SSSR count). The number of halogens is 2. The maximum Gasteiger partial charge on any atom is 0.249 e. The lowest BCUT2D eigenvalue weighted by Gasteiger charge is -2.10. The molecule has 0 unspecified atom stereocenters. The fourth-order valence-electron chi connectivity index (χ4n) is 2.21. The summed E-state index contributed by atoms with van der Waals surface area (Å²) >= 11 is 0. The molecule has 24 heavy (non-hydrogen) atoms. The average molecular weight is 327 g/mol. The number of hydrogen-bond donors (Lipinski definition) is 2. The van der Waals surface area contributed by atoms with E-state index in [0.717, 1.165) is 28.9 Å². The van der Waals surface area contributed by atoms with Crippen LogP contribution in [0.1, 0.15) is 11.1 Å². The Morgan fingerprint density at radius 3 is 2.50 bits per heavy atom. The van der Waals surface area contributed by atoms with Crippen molar-refractivity contribution in [3.63, 3.8) is 0 Å². The van der Waals surface area contributed by atoms with E-state index in [0.29, 0.717) is 17.5 Å². The van der Waals surface area contributed by atoms with Crippen LogP contribution < -0.4 is 10.6 Å². The van der Waals surface area contributed by atoms with Crippen molar-refractivity contribution in [3.8, 4) is 0 Å². The summed E-state index contributed by atoms with van der Waals surface area (Å²) in [6.45, 7) is 3.99. The van der Waals surface area contributed by atoms with Gasteiger partial charge in [0.05, 0.1) is 6.20 Å². The number of benzene rings is 2. The maximum atomic E-state index is 13.3. The third-order valence-electron chi connectivity index (χ3n) is 3.38. The van der Waals surface area contributed by atoms with Gasteiger partial charge in [0, 0.05) is 17.4 Å². The summed E-state index contributed by atoms with van der Waals surface area (Å²) in [5.74, 6) is -1.17. The van der Waals surface area contributed by atoms with Crippen LogP contribution in [0.15, 0.2) is 42.6 Å². The zero-order valence-corrected chi connectivity index (χ0v) is 13.1.